The summed E-state index contributed by atoms with van der Waals surface area (Å²) in [4.78, 5) is 13.1. The minimum atomic E-state index is -3.43. The molecule has 2 N–H and O–H groups in total. The van der Waals surface area contributed by atoms with Gasteiger partial charge in [-0.25, -0.2) is 13.1 Å². The van der Waals surface area contributed by atoms with E-state index in [2.05, 4.69) is 23.9 Å². The van der Waals surface area contributed by atoms with Crippen molar-refractivity contribution in [2.75, 3.05) is 14.2 Å². The van der Waals surface area contributed by atoms with Gasteiger partial charge in [-0.05, 0) is 55.0 Å². The molecule has 152 valence electrons. The highest BCUT2D eigenvalue weighted by Gasteiger charge is 2.61. The molecule has 0 aromatic heterocycles. The highest BCUT2D eigenvalue weighted by Crippen LogP contribution is 2.57. The standard InChI is InChI=1S/C20H25ClN2O4S/c1-20(2)17(12-5-8-14(9-6-12)28(25,26)22-3)18(20)23-19(24)15-11-13(21)7-10-16(15)27-4/h5,7-12,17-18,22H,6H2,1-4H3,(H,23,24)/t12?,17-,18-/m0/s1. The lowest BCUT2D eigenvalue weighted by Gasteiger charge is -2.17. The molecule has 1 amide bonds. The summed E-state index contributed by atoms with van der Waals surface area (Å²) in [6, 6.07) is 4.93. The van der Waals surface area contributed by atoms with Gasteiger partial charge in [-0.3, -0.25) is 4.79 Å². The van der Waals surface area contributed by atoms with Crippen LogP contribution in [0.3, 0.4) is 0 Å². The van der Waals surface area contributed by atoms with E-state index >= 15 is 0 Å². The number of rotatable bonds is 6. The maximum absolute atomic E-state index is 12.8. The van der Waals surface area contributed by atoms with Gasteiger partial charge in [-0.2, -0.15) is 0 Å². The third-order valence-corrected chi connectivity index (χ3v) is 7.44. The van der Waals surface area contributed by atoms with Gasteiger partial charge in [0.25, 0.3) is 5.91 Å². The zero-order valence-corrected chi connectivity index (χ0v) is 17.9. The number of amides is 1. The predicted molar refractivity (Wildman–Crippen MR) is 110 cm³/mol. The van der Waals surface area contributed by atoms with E-state index in [4.69, 9.17) is 16.3 Å². The topological polar surface area (TPSA) is 84.5 Å². The molecule has 0 heterocycles. The van der Waals surface area contributed by atoms with E-state index in [1.807, 2.05) is 6.08 Å². The smallest absolute Gasteiger partial charge is 0.255 e. The SMILES string of the molecule is CNS(=O)(=O)C1=CCC([C@H]2[C@H](NC(=O)c3cc(Cl)ccc3OC)C2(C)C)C=C1. The third kappa shape index (κ3) is 3.83. The van der Waals surface area contributed by atoms with E-state index in [9.17, 15) is 13.2 Å². The minimum absolute atomic E-state index is 0.0193. The number of hydrogen-bond acceptors (Lipinski definition) is 4. The molecule has 28 heavy (non-hydrogen) atoms. The van der Waals surface area contributed by atoms with E-state index in [0.29, 0.717) is 22.8 Å². The van der Waals surface area contributed by atoms with Gasteiger partial charge in [-0.15, -0.1) is 0 Å². The Morgan fingerprint density at radius 1 is 1.32 bits per heavy atom. The van der Waals surface area contributed by atoms with Crippen molar-refractivity contribution in [3.05, 3.63) is 51.9 Å². The molecule has 0 radical (unpaired) electrons. The van der Waals surface area contributed by atoms with E-state index in [1.54, 1.807) is 30.4 Å². The molecular formula is C20H25ClN2O4S. The summed E-state index contributed by atoms with van der Waals surface area (Å²) in [5.41, 5.74) is 0.307. The van der Waals surface area contributed by atoms with Gasteiger partial charge in [0.1, 0.15) is 5.75 Å². The number of nitrogens with one attached hydrogen (secondary N) is 2. The van der Waals surface area contributed by atoms with Crippen LogP contribution in [-0.4, -0.2) is 34.5 Å². The van der Waals surface area contributed by atoms with Crippen LogP contribution < -0.4 is 14.8 Å². The monoisotopic (exact) mass is 424 g/mol. The Bertz CT molecular complexity index is 953. The summed E-state index contributed by atoms with van der Waals surface area (Å²) >= 11 is 6.03. The second-order valence-electron chi connectivity index (χ2n) is 7.72. The van der Waals surface area contributed by atoms with Crippen molar-refractivity contribution >= 4 is 27.5 Å². The second-order valence-corrected chi connectivity index (χ2v) is 10.0. The molecule has 0 bridgehead atoms. The van der Waals surface area contributed by atoms with E-state index in [-0.39, 0.29) is 34.1 Å². The van der Waals surface area contributed by atoms with Crippen LogP contribution in [0.15, 0.2) is 41.3 Å². The summed E-state index contributed by atoms with van der Waals surface area (Å²) in [5.74, 6) is 0.623. The molecule has 1 aromatic rings. The van der Waals surface area contributed by atoms with Crippen LogP contribution in [0.4, 0.5) is 0 Å². The van der Waals surface area contributed by atoms with E-state index < -0.39 is 10.0 Å². The molecule has 2 aliphatic carbocycles. The molecule has 0 aliphatic heterocycles. The zero-order chi connectivity index (χ0) is 20.7. The number of hydrogen-bond donors (Lipinski definition) is 2. The van der Waals surface area contributed by atoms with Crippen LogP contribution in [0.1, 0.15) is 30.6 Å². The Morgan fingerprint density at radius 2 is 2.04 bits per heavy atom. The average molecular weight is 425 g/mol. The molecule has 1 saturated carbocycles. The van der Waals surface area contributed by atoms with Crippen LogP contribution in [-0.2, 0) is 10.0 Å². The van der Waals surface area contributed by atoms with Crippen LogP contribution in [0.5, 0.6) is 5.75 Å². The normalized spacial score (nSPS) is 25.8. The summed E-state index contributed by atoms with van der Waals surface area (Å²) in [5, 5.41) is 3.57. The quantitative estimate of drug-likeness (QED) is 0.734. The Kier molecular flexibility index (Phi) is 5.62. The number of methoxy groups -OCH3 is 1. The maximum Gasteiger partial charge on any atom is 0.255 e. The Labute approximate surface area is 171 Å². The molecule has 1 unspecified atom stereocenters. The van der Waals surface area contributed by atoms with Gasteiger partial charge in [0.15, 0.2) is 0 Å². The first kappa shape index (κ1) is 20.9. The minimum Gasteiger partial charge on any atom is -0.496 e. The van der Waals surface area contributed by atoms with Crippen molar-refractivity contribution in [1.29, 1.82) is 0 Å². The molecule has 6 nitrogen and oxygen atoms in total. The van der Waals surface area contributed by atoms with Crippen LogP contribution in [0, 0.1) is 17.3 Å². The van der Waals surface area contributed by atoms with Gasteiger partial charge in [0, 0.05) is 11.1 Å². The highest BCUT2D eigenvalue weighted by atomic mass is 35.5. The Balaban J connectivity index is 1.72. The fourth-order valence-corrected chi connectivity index (χ4v) is 5.01. The highest BCUT2D eigenvalue weighted by molar-refractivity contribution is 7.93. The summed E-state index contributed by atoms with van der Waals surface area (Å²) in [6.07, 6.45) is 5.94. The molecule has 1 fully saturated rings. The zero-order valence-electron chi connectivity index (χ0n) is 16.3. The molecule has 3 rings (SSSR count). The fraction of sp³-hybridized carbons (Fsp3) is 0.450. The molecular weight excluding hydrogens is 400 g/mol. The largest absolute Gasteiger partial charge is 0.496 e. The van der Waals surface area contributed by atoms with Crippen molar-refractivity contribution in [1.82, 2.24) is 10.0 Å². The first-order chi connectivity index (χ1) is 13.1. The molecule has 0 saturated heterocycles. The van der Waals surface area contributed by atoms with Crippen molar-refractivity contribution in [2.45, 2.75) is 26.3 Å². The van der Waals surface area contributed by atoms with Crippen LogP contribution >= 0.6 is 11.6 Å². The van der Waals surface area contributed by atoms with Crippen molar-refractivity contribution < 1.29 is 17.9 Å². The second kappa shape index (κ2) is 7.54. The lowest BCUT2D eigenvalue weighted by molar-refractivity contribution is 0.0941. The molecule has 1 aromatic carbocycles. The molecule has 3 atom stereocenters. The van der Waals surface area contributed by atoms with Crippen molar-refractivity contribution in [3.8, 4) is 5.75 Å². The number of benzene rings is 1. The molecule has 2 aliphatic rings. The first-order valence-electron chi connectivity index (χ1n) is 9.08. The molecule has 8 heteroatoms. The predicted octanol–water partition coefficient (Wildman–Crippen LogP) is 3.11. The van der Waals surface area contributed by atoms with Gasteiger partial charge < -0.3 is 10.1 Å². The molecule has 0 spiro atoms. The van der Waals surface area contributed by atoms with E-state index in [0.717, 1.165) is 0 Å². The van der Waals surface area contributed by atoms with Crippen molar-refractivity contribution in [2.24, 2.45) is 17.3 Å². The Hall–Kier alpha value is -1.83. The summed E-state index contributed by atoms with van der Waals surface area (Å²) in [7, 11) is -0.519. The van der Waals surface area contributed by atoms with Gasteiger partial charge in [0.2, 0.25) is 10.0 Å². The summed E-state index contributed by atoms with van der Waals surface area (Å²) in [6.45, 7) is 4.21. The maximum atomic E-state index is 12.8. The van der Waals surface area contributed by atoms with Crippen LogP contribution in [0.2, 0.25) is 5.02 Å². The third-order valence-electron chi connectivity index (χ3n) is 5.74. The number of halogens is 1. The fourth-order valence-electron chi connectivity index (χ4n) is 4.03. The number of carbonyl (C=O) groups excluding carboxylic acids is 1. The number of allylic oxidation sites excluding steroid dienone is 3. The first-order valence-corrected chi connectivity index (χ1v) is 10.9. The average Bonchev–Trinajstić information content (AvgIpc) is 3.21. The lowest BCUT2D eigenvalue weighted by Crippen LogP contribution is -2.30. The summed E-state index contributed by atoms with van der Waals surface area (Å²) < 4.78 is 31.4. The van der Waals surface area contributed by atoms with E-state index in [1.165, 1.54) is 14.2 Å². The number of ether oxygens (including phenoxy) is 1. The van der Waals surface area contributed by atoms with Gasteiger partial charge in [-0.1, -0.05) is 37.6 Å². The van der Waals surface area contributed by atoms with Crippen molar-refractivity contribution in [3.63, 3.8) is 0 Å². The van der Waals surface area contributed by atoms with Gasteiger partial charge >= 0.3 is 0 Å². The number of carbonyl (C=O) groups is 1. The number of sulfonamides is 1. The van der Waals surface area contributed by atoms with Gasteiger partial charge in [0.05, 0.1) is 17.6 Å². The lowest BCUT2D eigenvalue weighted by atomic mass is 9.91. The van der Waals surface area contributed by atoms with Crippen LogP contribution in [0.25, 0.3) is 0 Å². The Morgan fingerprint density at radius 3 is 2.61 bits per heavy atom.